The number of carbonyl (C=O) groups is 1. The molecule has 6 atom stereocenters. The molecule has 2 fully saturated rings. The number of rotatable bonds is 3. The van der Waals surface area contributed by atoms with Crippen LogP contribution in [0.25, 0.3) is 0 Å². The molecule has 0 radical (unpaired) electrons. The molecule has 3 nitrogen and oxygen atoms in total. The Morgan fingerprint density at radius 1 is 1.16 bits per heavy atom. The van der Waals surface area contributed by atoms with Crippen LogP contribution in [0.1, 0.15) is 56.6 Å². The lowest BCUT2D eigenvalue weighted by atomic mass is 9.55. The van der Waals surface area contributed by atoms with Gasteiger partial charge in [-0.25, -0.2) is 0 Å². The van der Waals surface area contributed by atoms with E-state index < -0.39 is 0 Å². The van der Waals surface area contributed by atoms with Crippen LogP contribution in [0.5, 0.6) is 5.75 Å². The number of halogens is 1. The molecule has 0 saturated heterocycles. The Morgan fingerprint density at radius 2 is 1.94 bits per heavy atom. The first-order valence-corrected chi connectivity index (χ1v) is 12.9. The van der Waals surface area contributed by atoms with E-state index in [9.17, 15) is 9.90 Å². The molecule has 0 aliphatic heterocycles. The summed E-state index contributed by atoms with van der Waals surface area (Å²) in [6, 6.07) is 14.6. The van der Waals surface area contributed by atoms with E-state index in [2.05, 4.69) is 53.2 Å². The van der Waals surface area contributed by atoms with E-state index in [-0.39, 0.29) is 17.5 Å². The molecule has 31 heavy (non-hydrogen) atoms. The molecule has 3 unspecified atom stereocenters. The number of hydrogen-bond acceptors (Lipinski definition) is 4. The van der Waals surface area contributed by atoms with Gasteiger partial charge in [0.15, 0.2) is 0 Å². The lowest BCUT2D eigenvalue weighted by Crippen LogP contribution is -2.49. The van der Waals surface area contributed by atoms with Crippen molar-refractivity contribution in [3.05, 3.63) is 58.1 Å². The van der Waals surface area contributed by atoms with Gasteiger partial charge in [-0.3, -0.25) is 4.79 Å². The number of phenolic OH excluding ortho intramolecular Hbond substituents is 1. The predicted octanol–water partition coefficient (Wildman–Crippen LogP) is 6.71. The molecular formula is C26H29BrO3S. The van der Waals surface area contributed by atoms with Crippen molar-refractivity contribution in [2.75, 3.05) is 0 Å². The molecular weight excluding hydrogens is 472 g/mol. The summed E-state index contributed by atoms with van der Waals surface area (Å²) >= 11 is 5.53. The Bertz CT molecular complexity index is 991. The van der Waals surface area contributed by atoms with Crippen molar-refractivity contribution in [3.63, 3.8) is 0 Å². The standard InChI is InChI=1S/C26H29BrO3S/c1-15(28)30-24-10-9-22-25-21(11-12-26(22,24)2)20-8-5-18(29)13-16(20)14-23(25)31-19-6-3-17(27)4-7-19/h3-8,13,21-25,29H,9-12,14H2,1-2H3/t21?,22?,23-,24+,25?,26+/m1/s1. The summed E-state index contributed by atoms with van der Waals surface area (Å²) in [7, 11) is 0. The molecule has 0 heterocycles. The van der Waals surface area contributed by atoms with E-state index in [1.165, 1.54) is 22.9 Å². The van der Waals surface area contributed by atoms with Gasteiger partial charge >= 0.3 is 5.97 Å². The summed E-state index contributed by atoms with van der Waals surface area (Å²) in [5.74, 6) is 1.81. The van der Waals surface area contributed by atoms with E-state index >= 15 is 0 Å². The number of esters is 1. The van der Waals surface area contributed by atoms with Crippen LogP contribution in [0.3, 0.4) is 0 Å². The number of thioether (sulfide) groups is 1. The van der Waals surface area contributed by atoms with Gasteiger partial charge < -0.3 is 9.84 Å². The van der Waals surface area contributed by atoms with E-state index in [4.69, 9.17) is 4.74 Å². The molecule has 3 aliphatic carbocycles. The Labute approximate surface area is 197 Å². The Morgan fingerprint density at radius 3 is 2.68 bits per heavy atom. The largest absolute Gasteiger partial charge is 0.508 e. The van der Waals surface area contributed by atoms with Gasteiger partial charge in [-0.05, 0) is 97.4 Å². The van der Waals surface area contributed by atoms with Crippen LogP contribution in [0, 0.1) is 17.3 Å². The Kier molecular flexibility index (Phi) is 5.62. The second-order valence-corrected chi connectivity index (χ2v) is 11.9. The fourth-order valence-electron chi connectivity index (χ4n) is 6.71. The summed E-state index contributed by atoms with van der Waals surface area (Å²) in [5.41, 5.74) is 2.78. The van der Waals surface area contributed by atoms with E-state index in [1.807, 2.05) is 23.9 Å². The molecule has 1 N–H and O–H groups in total. The zero-order chi connectivity index (χ0) is 21.8. The van der Waals surface area contributed by atoms with Crippen molar-refractivity contribution in [1.82, 2.24) is 0 Å². The third kappa shape index (κ3) is 3.82. The second kappa shape index (κ2) is 8.15. The molecule has 2 saturated carbocycles. The maximum atomic E-state index is 11.8. The second-order valence-electron chi connectivity index (χ2n) is 9.71. The normalized spacial score (nSPS) is 33.8. The highest BCUT2D eigenvalue weighted by atomic mass is 79.9. The van der Waals surface area contributed by atoms with Gasteiger partial charge in [0, 0.05) is 27.0 Å². The number of phenols is 1. The van der Waals surface area contributed by atoms with Crippen LogP contribution in [0.15, 0.2) is 51.8 Å². The van der Waals surface area contributed by atoms with Gasteiger partial charge in [-0.1, -0.05) is 28.9 Å². The maximum Gasteiger partial charge on any atom is 0.302 e. The van der Waals surface area contributed by atoms with Crippen LogP contribution in [0.4, 0.5) is 0 Å². The van der Waals surface area contributed by atoms with Crippen molar-refractivity contribution >= 4 is 33.7 Å². The highest BCUT2D eigenvalue weighted by Gasteiger charge is 2.58. The summed E-state index contributed by atoms with van der Waals surface area (Å²) in [6.45, 7) is 3.90. The minimum absolute atomic E-state index is 0.0375. The number of fused-ring (bicyclic) bond motifs is 5. The first-order valence-electron chi connectivity index (χ1n) is 11.3. The number of hydrogen-bond donors (Lipinski definition) is 1. The molecule has 3 aliphatic rings. The van der Waals surface area contributed by atoms with Gasteiger partial charge in [0.05, 0.1) is 0 Å². The fourth-order valence-corrected chi connectivity index (χ4v) is 8.42. The van der Waals surface area contributed by atoms with Crippen LogP contribution in [-0.2, 0) is 16.0 Å². The minimum Gasteiger partial charge on any atom is -0.508 e. The lowest BCUT2D eigenvalue weighted by molar-refractivity contribution is -0.154. The predicted molar refractivity (Wildman–Crippen MR) is 127 cm³/mol. The maximum absolute atomic E-state index is 11.8. The van der Waals surface area contributed by atoms with Gasteiger partial charge in [-0.2, -0.15) is 0 Å². The highest BCUT2D eigenvalue weighted by Crippen LogP contribution is 2.63. The van der Waals surface area contributed by atoms with Gasteiger partial charge in [0.2, 0.25) is 0 Å². The highest BCUT2D eigenvalue weighted by molar-refractivity contribution is 9.10. The summed E-state index contributed by atoms with van der Waals surface area (Å²) < 4.78 is 6.93. The topological polar surface area (TPSA) is 46.5 Å². The Hall–Kier alpha value is -1.46. The fraction of sp³-hybridized carbons (Fsp3) is 0.500. The molecule has 164 valence electrons. The number of carbonyl (C=O) groups excluding carboxylic acids is 1. The molecule has 0 amide bonds. The first kappa shape index (κ1) is 21.4. The summed E-state index contributed by atoms with van der Waals surface area (Å²) in [5, 5.41) is 10.6. The zero-order valence-electron chi connectivity index (χ0n) is 18.0. The molecule has 5 heteroatoms. The van der Waals surface area contributed by atoms with E-state index in [1.54, 1.807) is 0 Å². The number of benzene rings is 2. The monoisotopic (exact) mass is 500 g/mol. The quantitative estimate of drug-likeness (QED) is 0.475. The number of ether oxygens (including phenoxy) is 1. The van der Waals surface area contributed by atoms with Crippen LogP contribution in [-0.4, -0.2) is 22.4 Å². The third-order valence-electron chi connectivity index (χ3n) is 8.03. The van der Waals surface area contributed by atoms with Crippen molar-refractivity contribution in [1.29, 1.82) is 0 Å². The number of aromatic hydroxyl groups is 1. The van der Waals surface area contributed by atoms with E-state index in [0.29, 0.717) is 28.8 Å². The summed E-state index contributed by atoms with van der Waals surface area (Å²) in [4.78, 5) is 13.1. The van der Waals surface area contributed by atoms with Gasteiger partial charge in [0.25, 0.3) is 0 Å². The zero-order valence-corrected chi connectivity index (χ0v) is 20.4. The third-order valence-corrected chi connectivity index (χ3v) is 9.89. The first-order chi connectivity index (χ1) is 14.8. The minimum atomic E-state index is -0.153. The van der Waals surface area contributed by atoms with Gasteiger partial charge in [-0.15, -0.1) is 11.8 Å². The van der Waals surface area contributed by atoms with Crippen molar-refractivity contribution in [2.45, 2.75) is 68.1 Å². The molecule has 0 bridgehead atoms. The van der Waals surface area contributed by atoms with Crippen LogP contribution in [0.2, 0.25) is 0 Å². The molecule has 0 aromatic heterocycles. The van der Waals surface area contributed by atoms with Crippen LogP contribution < -0.4 is 0 Å². The van der Waals surface area contributed by atoms with Crippen molar-refractivity contribution < 1.29 is 14.6 Å². The van der Waals surface area contributed by atoms with E-state index in [0.717, 1.165) is 36.6 Å². The average molecular weight is 501 g/mol. The SMILES string of the molecule is CC(=O)O[C@H]1CCC2C3C(CC[C@@]21C)c1ccc(O)cc1C[C@H]3Sc1ccc(Br)cc1. The summed E-state index contributed by atoms with van der Waals surface area (Å²) in [6.07, 6.45) is 5.31. The molecule has 2 aromatic carbocycles. The smallest absolute Gasteiger partial charge is 0.302 e. The lowest BCUT2D eigenvalue weighted by Gasteiger charge is -2.53. The van der Waals surface area contributed by atoms with Gasteiger partial charge in [0.1, 0.15) is 11.9 Å². The van der Waals surface area contributed by atoms with Crippen LogP contribution >= 0.6 is 27.7 Å². The van der Waals surface area contributed by atoms with Crippen molar-refractivity contribution in [2.24, 2.45) is 17.3 Å². The molecule has 0 spiro atoms. The van der Waals surface area contributed by atoms with Crippen molar-refractivity contribution in [3.8, 4) is 5.75 Å². The average Bonchev–Trinajstić information content (AvgIpc) is 3.05. The Balaban J connectivity index is 1.52. The molecule has 5 rings (SSSR count). The molecule has 2 aromatic rings.